The number of hydrogen-bond donors (Lipinski definition) is 0. The van der Waals surface area contributed by atoms with Crippen LogP contribution in [0, 0.1) is 0 Å². The Hall–Kier alpha value is -1.43. The minimum absolute atomic E-state index is 0.112. The Labute approximate surface area is 71.7 Å². The number of rotatable bonds is 4. The lowest BCUT2D eigenvalue weighted by Gasteiger charge is -2.16. The second-order valence-corrected chi connectivity index (χ2v) is 2.17. The van der Waals surface area contributed by atoms with Crippen LogP contribution < -0.4 is 5.11 Å². The molecule has 0 N–H and O–H groups in total. The van der Waals surface area contributed by atoms with E-state index in [4.69, 9.17) is 0 Å². The third-order valence-corrected chi connectivity index (χ3v) is 1.21. The number of carbonyl (C=O) groups excluding carboxylic acids is 1. The molecule has 0 aliphatic carbocycles. The maximum atomic E-state index is 12.2. The van der Waals surface area contributed by atoms with Crippen LogP contribution in [-0.2, 0) is 16.1 Å². The van der Waals surface area contributed by atoms with E-state index in [1.165, 1.54) is 18.4 Å². The monoisotopic (exact) mass is 191 g/mol. The van der Waals surface area contributed by atoms with Crippen LogP contribution in [-0.4, -0.2) is 12.1 Å². The van der Waals surface area contributed by atoms with Crippen LogP contribution in [0.5, 0.6) is 0 Å². The molecule has 0 bridgehead atoms. The van der Waals surface area contributed by atoms with Gasteiger partial charge in [0, 0.05) is 0 Å². The first kappa shape index (κ1) is 9.66. The van der Waals surface area contributed by atoms with Gasteiger partial charge in [0.15, 0.2) is 0 Å². The fourth-order valence-electron chi connectivity index (χ4n) is 0.615. The molecule has 0 unspecified atom stereocenters. The summed E-state index contributed by atoms with van der Waals surface area (Å²) in [7, 11) is 0. The van der Waals surface area contributed by atoms with Crippen molar-refractivity contribution >= 4 is 5.97 Å². The number of carboxylic acid groups (broad SMARTS) is 1. The Morgan fingerprint density at radius 3 is 2.85 bits per heavy atom. The predicted molar refractivity (Wildman–Crippen MR) is 33.5 cm³/mol. The van der Waals surface area contributed by atoms with E-state index in [-0.39, 0.29) is 5.76 Å². The minimum Gasteiger partial charge on any atom is -0.542 e. The Morgan fingerprint density at radius 2 is 2.38 bits per heavy atom. The van der Waals surface area contributed by atoms with Crippen LogP contribution in [0.4, 0.5) is 8.78 Å². The van der Waals surface area contributed by atoms with Crippen molar-refractivity contribution in [2.24, 2.45) is 0 Å². The standard InChI is InChI=1S/C7H6F2O4/c8-7(9,6(10)11)13-4-5-2-1-3-12-5/h1-3H,4H2,(H,10,11)/p-1. The molecular formula is C7H5F2O4-. The summed E-state index contributed by atoms with van der Waals surface area (Å²) in [5.41, 5.74) is 0. The topological polar surface area (TPSA) is 62.5 Å². The Bertz CT molecular complexity index is 281. The molecule has 0 amide bonds. The summed E-state index contributed by atoms with van der Waals surface area (Å²) < 4.78 is 32.8. The lowest BCUT2D eigenvalue weighted by Crippen LogP contribution is -2.43. The van der Waals surface area contributed by atoms with Crippen molar-refractivity contribution in [2.75, 3.05) is 0 Å². The summed E-state index contributed by atoms with van der Waals surface area (Å²) in [5, 5.41) is 9.76. The van der Waals surface area contributed by atoms with Crippen molar-refractivity contribution in [1.29, 1.82) is 0 Å². The molecule has 0 atom stereocenters. The second-order valence-electron chi connectivity index (χ2n) is 2.17. The molecule has 6 heteroatoms. The van der Waals surface area contributed by atoms with E-state index in [1.54, 1.807) is 0 Å². The van der Waals surface area contributed by atoms with Gasteiger partial charge in [-0.1, -0.05) is 0 Å². The highest BCUT2D eigenvalue weighted by molar-refractivity contribution is 5.71. The molecule has 1 heterocycles. The van der Waals surface area contributed by atoms with Crippen LogP contribution in [0.3, 0.4) is 0 Å². The molecular weight excluding hydrogens is 186 g/mol. The largest absolute Gasteiger partial charge is 0.542 e. The Kier molecular flexibility index (Phi) is 2.62. The molecule has 1 aromatic rings. The van der Waals surface area contributed by atoms with Gasteiger partial charge in [0.1, 0.15) is 18.3 Å². The molecule has 0 aromatic carbocycles. The van der Waals surface area contributed by atoms with Crippen LogP contribution in [0.1, 0.15) is 5.76 Å². The Morgan fingerprint density at radius 1 is 1.69 bits per heavy atom. The van der Waals surface area contributed by atoms with Gasteiger partial charge in [-0.25, -0.2) is 0 Å². The summed E-state index contributed by atoms with van der Waals surface area (Å²) >= 11 is 0. The second kappa shape index (κ2) is 3.53. The van der Waals surface area contributed by atoms with Crippen molar-refractivity contribution in [2.45, 2.75) is 12.7 Å². The quantitative estimate of drug-likeness (QED) is 0.679. The normalized spacial score (nSPS) is 11.5. The molecule has 0 spiro atoms. The first-order valence-corrected chi connectivity index (χ1v) is 3.28. The van der Waals surface area contributed by atoms with E-state index < -0.39 is 18.7 Å². The number of ether oxygens (including phenoxy) is 1. The van der Waals surface area contributed by atoms with Gasteiger partial charge in [0.2, 0.25) is 0 Å². The van der Waals surface area contributed by atoms with Crippen LogP contribution in [0.25, 0.3) is 0 Å². The van der Waals surface area contributed by atoms with E-state index in [1.807, 2.05) is 0 Å². The lowest BCUT2D eigenvalue weighted by molar-refractivity contribution is -0.365. The van der Waals surface area contributed by atoms with Crippen molar-refractivity contribution in [3.8, 4) is 0 Å². The van der Waals surface area contributed by atoms with Gasteiger partial charge < -0.3 is 19.1 Å². The molecule has 0 saturated heterocycles. The molecule has 0 aliphatic rings. The molecule has 0 radical (unpaired) electrons. The van der Waals surface area contributed by atoms with Gasteiger partial charge in [-0.05, 0) is 12.1 Å². The SMILES string of the molecule is O=C([O-])C(F)(F)OCc1ccco1. The van der Waals surface area contributed by atoms with E-state index in [9.17, 15) is 18.7 Å². The highest BCUT2D eigenvalue weighted by Crippen LogP contribution is 2.16. The van der Waals surface area contributed by atoms with E-state index in [0.29, 0.717) is 0 Å². The van der Waals surface area contributed by atoms with Gasteiger partial charge in [0.05, 0.1) is 6.26 Å². The van der Waals surface area contributed by atoms with Crippen molar-refractivity contribution < 1.29 is 27.8 Å². The van der Waals surface area contributed by atoms with Crippen molar-refractivity contribution in [1.82, 2.24) is 0 Å². The van der Waals surface area contributed by atoms with Crippen LogP contribution >= 0.6 is 0 Å². The van der Waals surface area contributed by atoms with Crippen LogP contribution in [0.15, 0.2) is 22.8 Å². The fraction of sp³-hybridized carbons (Fsp3) is 0.286. The lowest BCUT2D eigenvalue weighted by atomic mass is 10.5. The highest BCUT2D eigenvalue weighted by atomic mass is 19.3. The van der Waals surface area contributed by atoms with E-state index in [2.05, 4.69) is 9.15 Å². The summed E-state index contributed by atoms with van der Waals surface area (Å²) in [6.45, 7) is -0.617. The third-order valence-electron chi connectivity index (χ3n) is 1.21. The zero-order valence-electron chi connectivity index (χ0n) is 6.33. The first-order valence-electron chi connectivity index (χ1n) is 3.28. The molecule has 72 valence electrons. The minimum atomic E-state index is -4.28. The number of carboxylic acids is 1. The summed E-state index contributed by atoms with van der Waals surface area (Å²) in [4.78, 5) is 9.76. The number of carbonyl (C=O) groups is 1. The molecule has 1 rings (SSSR count). The summed E-state index contributed by atoms with van der Waals surface area (Å²) in [6.07, 6.45) is -3.03. The van der Waals surface area contributed by atoms with Gasteiger partial charge in [-0.15, -0.1) is 0 Å². The van der Waals surface area contributed by atoms with Crippen molar-refractivity contribution in [3.63, 3.8) is 0 Å². The molecule has 4 nitrogen and oxygen atoms in total. The maximum absolute atomic E-state index is 12.2. The average Bonchev–Trinajstić information content (AvgIpc) is 2.52. The molecule has 13 heavy (non-hydrogen) atoms. The number of hydrogen-bond acceptors (Lipinski definition) is 4. The predicted octanol–water partition coefficient (Wildman–Crippen LogP) is 0.139. The zero-order chi connectivity index (χ0) is 9.90. The Balaban J connectivity index is 2.47. The van der Waals surface area contributed by atoms with Gasteiger partial charge in [0.25, 0.3) is 0 Å². The highest BCUT2D eigenvalue weighted by Gasteiger charge is 2.32. The van der Waals surface area contributed by atoms with Crippen LogP contribution in [0.2, 0.25) is 0 Å². The smallest absolute Gasteiger partial charge is 0.398 e. The number of halogens is 2. The number of furan rings is 1. The molecule has 0 fully saturated rings. The number of aliphatic carboxylic acids is 1. The average molecular weight is 191 g/mol. The zero-order valence-corrected chi connectivity index (χ0v) is 6.33. The van der Waals surface area contributed by atoms with Gasteiger partial charge >= 0.3 is 6.11 Å². The summed E-state index contributed by atoms with van der Waals surface area (Å²) in [5.74, 6) is -2.46. The van der Waals surface area contributed by atoms with E-state index in [0.717, 1.165) is 0 Å². The first-order chi connectivity index (χ1) is 6.02. The van der Waals surface area contributed by atoms with Gasteiger partial charge in [-0.2, -0.15) is 8.78 Å². The maximum Gasteiger partial charge on any atom is 0.398 e. The summed E-state index contributed by atoms with van der Waals surface area (Å²) in [6, 6.07) is 2.85. The van der Waals surface area contributed by atoms with E-state index >= 15 is 0 Å². The number of alkyl halides is 2. The molecule has 0 saturated carbocycles. The van der Waals surface area contributed by atoms with Crippen molar-refractivity contribution in [3.05, 3.63) is 24.2 Å². The molecule has 0 aliphatic heterocycles. The molecule has 1 aromatic heterocycles. The van der Waals surface area contributed by atoms with Gasteiger partial charge in [-0.3, -0.25) is 0 Å². The third kappa shape index (κ3) is 2.51. The fourth-order valence-corrected chi connectivity index (χ4v) is 0.615.